The smallest absolute Gasteiger partial charge is 0.255 e. The number of pyridine rings is 2. The van der Waals surface area contributed by atoms with Crippen molar-refractivity contribution < 1.29 is 19.2 Å². The van der Waals surface area contributed by atoms with E-state index < -0.39 is 0 Å². The number of carbonyl (C=O) groups is 4. The summed E-state index contributed by atoms with van der Waals surface area (Å²) in [5, 5.41) is 0. The largest absolute Gasteiger partial charge is 0.339 e. The molecule has 4 aliphatic rings. The molecule has 2 aliphatic heterocycles. The van der Waals surface area contributed by atoms with Gasteiger partial charge in [0.05, 0.1) is 33.9 Å². The summed E-state index contributed by atoms with van der Waals surface area (Å²) in [6, 6.07) is 24.5. The van der Waals surface area contributed by atoms with E-state index in [9.17, 15) is 19.2 Å². The third-order valence-corrected chi connectivity index (χ3v) is 14.9. The lowest BCUT2D eigenvalue weighted by molar-refractivity contribution is -0.138. The molecule has 0 bridgehead atoms. The average Bonchev–Trinajstić information content (AvgIpc) is 3.90. The summed E-state index contributed by atoms with van der Waals surface area (Å²) in [5.41, 5.74) is 11.6. The van der Waals surface area contributed by atoms with E-state index in [1.165, 1.54) is 24.0 Å². The van der Waals surface area contributed by atoms with Crippen LogP contribution in [0.4, 0.5) is 0 Å². The highest BCUT2D eigenvalue weighted by Gasteiger charge is 2.32. The van der Waals surface area contributed by atoms with E-state index in [1.54, 1.807) is 0 Å². The van der Waals surface area contributed by atoms with Crippen LogP contribution >= 0.6 is 0 Å². The first-order chi connectivity index (χ1) is 32.9. The Morgan fingerprint density at radius 3 is 1.34 bits per heavy atom. The Morgan fingerprint density at radius 2 is 0.912 bits per heavy atom. The number of imidazole rings is 2. The SMILES string of the molecule is Cc1cccc(-c2c(C)nc3ccc(C(=O)N4CCN(C(=O)C5CCCCC5)CC4)cn23)c1.Cc1nc2ccc(C(=O)N3CCN(C(=O)C4CCCCC4)CC3)cn2c1-c1cccc(C(C)C)c1. The molecule has 0 radical (unpaired) electrons. The van der Waals surface area contributed by atoms with E-state index >= 15 is 0 Å². The summed E-state index contributed by atoms with van der Waals surface area (Å²) in [6.07, 6.45) is 15.1. The van der Waals surface area contributed by atoms with Crippen molar-refractivity contribution in [3.05, 3.63) is 119 Å². The fourth-order valence-corrected chi connectivity index (χ4v) is 11.0. The first-order valence-electron chi connectivity index (χ1n) is 25.2. The van der Waals surface area contributed by atoms with E-state index in [-0.39, 0.29) is 23.7 Å². The lowest BCUT2D eigenvalue weighted by Gasteiger charge is -2.37. The lowest BCUT2D eigenvalue weighted by atomic mass is 9.88. The maximum Gasteiger partial charge on any atom is 0.255 e. The van der Waals surface area contributed by atoms with Crippen LogP contribution in [0.1, 0.15) is 127 Å². The molecule has 2 saturated carbocycles. The first-order valence-corrected chi connectivity index (χ1v) is 25.2. The third-order valence-electron chi connectivity index (χ3n) is 14.9. The number of aromatic nitrogens is 4. The topological polar surface area (TPSA) is 116 Å². The highest BCUT2D eigenvalue weighted by atomic mass is 16.2. The number of hydrogen-bond acceptors (Lipinski definition) is 6. The zero-order valence-electron chi connectivity index (χ0n) is 40.8. The molecular formula is C56H68N8O4. The van der Waals surface area contributed by atoms with E-state index in [0.29, 0.717) is 81.2 Å². The van der Waals surface area contributed by atoms with Gasteiger partial charge >= 0.3 is 0 Å². The molecule has 10 rings (SSSR count). The summed E-state index contributed by atoms with van der Waals surface area (Å²) in [5.74, 6) is 1.43. The van der Waals surface area contributed by atoms with Gasteiger partial charge in [0.1, 0.15) is 11.3 Å². The van der Waals surface area contributed by atoms with Crippen LogP contribution in [0.2, 0.25) is 0 Å². The second-order valence-electron chi connectivity index (χ2n) is 19.9. The number of fused-ring (bicyclic) bond motifs is 2. The van der Waals surface area contributed by atoms with Crippen molar-refractivity contribution in [2.24, 2.45) is 11.8 Å². The molecule has 0 unspecified atom stereocenters. The van der Waals surface area contributed by atoms with Gasteiger partial charge in [0.15, 0.2) is 0 Å². The lowest BCUT2D eigenvalue weighted by Crippen LogP contribution is -2.52. The zero-order valence-corrected chi connectivity index (χ0v) is 40.8. The number of carbonyl (C=O) groups excluding carboxylic acids is 4. The molecule has 6 heterocycles. The molecule has 68 heavy (non-hydrogen) atoms. The van der Waals surface area contributed by atoms with E-state index in [2.05, 4.69) is 63.2 Å². The maximum atomic E-state index is 13.4. The van der Waals surface area contributed by atoms with Gasteiger partial charge in [0, 0.05) is 87.7 Å². The molecule has 2 saturated heterocycles. The van der Waals surface area contributed by atoms with Gasteiger partial charge < -0.3 is 19.6 Å². The molecule has 4 fully saturated rings. The zero-order chi connectivity index (χ0) is 47.5. The molecule has 2 aromatic carbocycles. The van der Waals surface area contributed by atoms with Crippen molar-refractivity contribution in [3.8, 4) is 22.5 Å². The van der Waals surface area contributed by atoms with Crippen molar-refractivity contribution in [2.45, 2.75) is 105 Å². The summed E-state index contributed by atoms with van der Waals surface area (Å²) in [4.78, 5) is 69.6. The number of benzene rings is 2. The molecule has 356 valence electrons. The summed E-state index contributed by atoms with van der Waals surface area (Å²) in [7, 11) is 0. The normalized spacial score (nSPS) is 17.4. The minimum atomic E-state index is 0.0169. The fourth-order valence-electron chi connectivity index (χ4n) is 11.0. The van der Waals surface area contributed by atoms with Crippen LogP contribution in [0, 0.1) is 32.6 Å². The van der Waals surface area contributed by atoms with Crippen LogP contribution in [-0.2, 0) is 9.59 Å². The van der Waals surface area contributed by atoms with E-state index in [4.69, 9.17) is 9.97 Å². The predicted octanol–water partition coefficient (Wildman–Crippen LogP) is 9.78. The van der Waals surface area contributed by atoms with Crippen LogP contribution in [-0.4, -0.2) is 114 Å². The van der Waals surface area contributed by atoms with Crippen LogP contribution in [0.5, 0.6) is 0 Å². The molecule has 0 N–H and O–H groups in total. The number of hydrogen-bond donors (Lipinski definition) is 0. The number of rotatable bonds is 7. The molecule has 0 atom stereocenters. The summed E-state index contributed by atoms with van der Waals surface area (Å²) in [6.45, 7) is 15.3. The molecule has 2 aliphatic carbocycles. The molecular weight excluding hydrogens is 849 g/mol. The Morgan fingerprint density at radius 1 is 0.500 bits per heavy atom. The number of nitrogens with zero attached hydrogens (tertiary/aromatic N) is 8. The fraction of sp³-hybridized carbons (Fsp3) is 0.464. The van der Waals surface area contributed by atoms with Crippen LogP contribution in [0.15, 0.2) is 85.2 Å². The standard InChI is InChI=1S/C29H36N4O2.C27H32N4O2/c1-20(2)23-10-7-11-24(18-23)27-21(3)30-26-13-12-25(19-33(26)27)29(35)32-16-14-31(15-17-32)28(34)22-8-5-4-6-9-22;1-19-7-6-10-22(17-19)25-20(2)28-24-12-11-23(18-31(24)25)27(33)30-15-13-29(14-16-30)26(32)21-8-4-3-5-9-21/h7,10-13,18-20,22H,4-6,8-9,14-17H2,1-3H3;6-7,10-12,17-18,21H,3-5,8-9,13-16H2,1-2H3. The monoisotopic (exact) mass is 917 g/mol. The van der Waals surface area contributed by atoms with Crippen molar-refractivity contribution in [3.63, 3.8) is 0 Å². The van der Waals surface area contributed by atoms with Crippen LogP contribution in [0.25, 0.3) is 33.8 Å². The van der Waals surface area contributed by atoms with Gasteiger partial charge in [-0.05, 0) is 94.3 Å². The number of amides is 4. The van der Waals surface area contributed by atoms with Gasteiger partial charge in [-0.15, -0.1) is 0 Å². The van der Waals surface area contributed by atoms with Gasteiger partial charge in [0.2, 0.25) is 11.8 Å². The first kappa shape index (κ1) is 46.8. The minimum absolute atomic E-state index is 0.0169. The molecule has 12 heteroatoms. The van der Waals surface area contributed by atoms with Crippen molar-refractivity contribution in [1.29, 1.82) is 0 Å². The average molecular weight is 917 g/mol. The second kappa shape index (κ2) is 20.5. The molecule has 4 aromatic heterocycles. The van der Waals surface area contributed by atoms with Gasteiger partial charge in [-0.2, -0.15) is 0 Å². The Bertz CT molecular complexity index is 2800. The molecule has 0 spiro atoms. The van der Waals surface area contributed by atoms with Gasteiger partial charge in [-0.25, -0.2) is 9.97 Å². The van der Waals surface area contributed by atoms with Crippen molar-refractivity contribution >= 4 is 34.9 Å². The quantitative estimate of drug-likeness (QED) is 0.158. The van der Waals surface area contributed by atoms with Gasteiger partial charge in [0.25, 0.3) is 11.8 Å². The predicted molar refractivity (Wildman–Crippen MR) is 268 cm³/mol. The highest BCUT2D eigenvalue weighted by molar-refractivity contribution is 5.95. The summed E-state index contributed by atoms with van der Waals surface area (Å²) < 4.78 is 4.07. The van der Waals surface area contributed by atoms with Crippen LogP contribution in [0.3, 0.4) is 0 Å². The van der Waals surface area contributed by atoms with Gasteiger partial charge in [-0.1, -0.05) is 94.3 Å². The minimum Gasteiger partial charge on any atom is -0.339 e. The number of aryl methyl sites for hydroxylation is 3. The van der Waals surface area contributed by atoms with Crippen molar-refractivity contribution in [2.75, 3.05) is 52.4 Å². The van der Waals surface area contributed by atoms with E-state index in [1.807, 2.05) is 85.0 Å². The van der Waals surface area contributed by atoms with E-state index in [0.717, 1.165) is 96.6 Å². The van der Waals surface area contributed by atoms with Crippen molar-refractivity contribution in [1.82, 2.24) is 38.4 Å². The Hall–Kier alpha value is -6.30. The molecule has 4 amide bonds. The second-order valence-corrected chi connectivity index (χ2v) is 19.9. The molecule has 12 nitrogen and oxygen atoms in total. The summed E-state index contributed by atoms with van der Waals surface area (Å²) >= 11 is 0. The number of piperazine rings is 2. The van der Waals surface area contributed by atoms with Crippen LogP contribution < -0.4 is 0 Å². The Labute approximate surface area is 401 Å². The molecule has 6 aromatic rings. The van der Waals surface area contributed by atoms with Gasteiger partial charge in [-0.3, -0.25) is 28.0 Å². The maximum absolute atomic E-state index is 13.4. The highest BCUT2D eigenvalue weighted by Crippen LogP contribution is 2.31. The Kier molecular flexibility index (Phi) is 14.1. The third kappa shape index (κ3) is 9.96. The Balaban J connectivity index is 0.000000170.